The molecule has 12 heteroatoms. The normalized spacial score (nSPS) is 12.5. The van der Waals surface area contributed by atoms with Crippen LogP contribution in [-0.4, -0.2) is 96.4 Å². The van der Waals surface area contributed by atoms with E-state index in [1.54, 1.807) is 29.2 Å². The van der Waals surface area contributed by atoms with Crippen molar-refractivity contribution in [1.29, 1.82) is 0 Å². The maximum absolute atomic E-state index is 13.0. The highest BCUT2D eigenvalue weighted by molar-refractivity contribution is 6.01. The first kappa shape index (κ1) is 31.9. The summed E-state index contributed by atoms with van der Waals surface area (Å²) in [4.78, 5) is 65.9. The second-order valence-electron chi connectivity index (χ2n) is 10.2. The third-order valence-corrected chi connectivity index (χ3v) is 7.04. The van der Waals surface area contributed by atoms with Crippen LogP contribution >= 0.6 is 0 Å². The van der Waals surface area contributed by atoms with Gasteiger partial charge in [-0.05, 0) is 49.1 Å². The van der Waals surface area contributed by atoms with E-state index in [-0.39, 0.29) is 43.7 Å². The van der Waals surface area contributed by atoms with Crippen LogP contribution in [0.15, 0.2) is 42.5 Å². The van der Waals surface area contributed by atoms with E-state index in [1.165, 1.54) is 24.0 Å². The van der Waals surface area contributed by atoms with E-state index in [0.29, 0.717) is 55.2 Å². The number of carbonyl (C=O) groups is 5. The Hall–Kier alpha value is -4.61. The average Bonchev–Trinajstić information content (AvgIpc) is 3.36. The van der Waals surface area contributed by atoms with Crippen molar-refractivity contribution in [3.8, 4) is 5.75 Å². The number of para-hydroxylation sites is 1. The van der Waals surface area contributed by atoms with Crippen molar-refractivity contribution in [2.45, 2.75) is 39.0 Å². The molecule has 42 heavy (non-hydrogen) atoms. The number of anilines is 2. The van der Waals surface area contributed by atoms with Crippen LogP contribution in [0.5, 0.6) is 5.75 Å². The predicted octanol–water partition coefficient (Wildman–Crippen LogP) is 2.96. The Labute approximate surface area is 245 Å². The quantitative estimate of drug-likeness (QED) is 0.311. The van der Waals surface area contributed by atoms with Crippen LogP contribution in [0.25, 0.3) is 0 Å². The molecular formula is C30H39N5O7. The van der Waals surface area contributed by atoms with E-state index in [2.05, 4.69) is 10.6 Å². The highest BCUT2D eigenvalue weighted by Crippen LogP contribution is 2.26. The fraction of sp³-hybridized carbons (Fsp3) is 0.433. The van der Waals surface area contributed by atoms with Gasteiger partial charge in [-0.3, -0.25) is 19.2 Å². The zero-order chi connectivity index (χ0) is 30.6. The van der Waals surface area contributed by atoms with Gasteiger partial charge in [0.05, 0.1) is 32.2 Å². The lowest BCUT2D eigenvalue weighted by Gasteiger charge is -2.26. The highest BCUT2D eigenvalue weighted by atomic mass is 16.5. The second-order valence-corrected chi connectivity index (χ2v) is 10.2. The van der Waals surface area contributed by atoms with Gasteiger partial charge in [0.25, 0.3) is 0 Å². The van der Waals surface area contributed by atoms with Crippen molar-refractivity contribution in [2.24, 2.45) is 0 Å². The van der Waals surface area contributed by atoms with E-state index < -0.39 is 12.0 Å². The lowest BCUT2D eigenvalue weighted by atomic mass is 10.1. The van der Waals surface area contributed by atoms with Crippen molar-refractivity contribution in [3.05, 3.63) is 53.6 Å². The first-order chi connectivity index (χ1) is 20.1. The van der Waals surface area contributed by atoms with Crippen molar-refractivity contribution >= 4 is 41.1 Å². The molecule has 3 N–H and O–H groups in total. The second kappa shape index (κ2) is 15.4. The summed E-state index contributed by atoms with van der Waals surface area (Å²) < 4.78 is 5.43. The van der Waals surface area contributed by atoms with Gasteiger partial charge in [-0.1, -0.05) is 24.3 Å². The monoisotopic (exact) mass is 581 g/mol. The number of nitrogens with zero attached hydrogens (tertiary/aromatic N) is 3. The number of nitrogens with one attached hydrogen (secondary N) is 2. The number of carbonyl (C=O) groups excluding carboxylic acids is 4. The van der Waals surface area contributed by atoms with Crippen molar-refractivity contribution in [1.82, 2.24) is 14.7 Å². The molecule has 1 aliphatic rings. The van der Waals surface area contributed by atoms with Crippen LogP contribution in [-0.2, 0) is 25.6 Å². The topological polar surface area (TPSA) is 149 Å². The van der Waals surface area contributed by atoms with Gasteiger partial charge in [0, 0.05) is 45.3 Å². The summed E-state index contributed by atoms with van der Waals surface area (Å²) >= 11 is 0. The van der Waals surface area contributed by atoms with Gasteiger partial charge < -0.3 is 35.2 Å². The molecule has 1 fully saturated rings. The highest BCUT2D eigenvalue weighted by Gasteiger charge is 2.22. The van der Waals surface area contributed by atoms with Crippen LogP contribution in [0.2, 0.25) is 0 Å². The molecule has 3 rings (SSSR count). The van der Waals surface area contributed by atoms with E-state index in [9.17, 15) is 24.0 Å². The maximum atomic E-state index is 13.0. The number of carboxylic acids is 1. The van der Waals surface area contributed by atoms with Crippen molar-refractivity contribution in [2.75, 3.05) is 57.5 Å². The molecule has 2 aromatic rings. The minimum Gasteiger partial charge on any atom is -0.495 e. The number of amides is 5. The lowest BCUT2D eigenvalue weighted by molar-refractivity contribution is -0.141. The number of aryl methyl sites for hydroxylation is 1. The van der Waals surface area contributed by atoms with Crippen LogP contribution in [0.3, 0.4) is 0 Å². The van der Waals surface area contributed by atoms with Crippen LogP contribution in [0.1, 0.15) is 36.8 Å². The summed E-state index contributed by atoms with van der Waals surface area (Å²) in [5.41, 5.74) is 2.64. The third kappa shape index (κ3) is 9.50. The molecule has 2 aromatic carbocycles. The summed E-state index contributed by atoms with van der Waals surface area (Å²) in [6, 6.07) is 11.9. The van der Waals surface area contributed by atoms with Gasteiger partial charge in [-0.25, -0.2) is 4.79 Å². The van der Waals surface area contributed by atoms with Gasteiger partial charge in [0.1, 0.15) is 5.75 Å². The Kier molecular flexibility index (Phi) is 11.7. The summed E-state index contributed by atoms with van der Waals surface area (Å²) in [6.07, 6.45) is 1.65. The Morgan fingerprint density at radius 2 is 1.76 bits per heavy atom. The van der Waals surface area contributed by atoms with Gasteiger partial charge in [-0.15, -0.1) is 0 Å². The Balaban J connectivity index is 1.55. The van der Waals surface area contributed by atoms with Gasteiger partial charge in [-0.2, -0.15) is 0 Å². The number of ether oxygens (including phenoxy) is 1. The molecule has 0 atom stereocenters. The molecule has 0 aliphatic carbocycles. The van der Waals surface area contributed by atoms with E-state index in [4.69, 9.17) is 9.84 Å². The van der Waals surface area contributed by atoms with Crippen LogP contribution < -0.4 is 15.4 Å². The Morgan fingerprint density at radius 3 is 2.43 bits per heavy atom. The summed E-state index contributed by atoms with van der Waals surface area (Å²) in [5, 5.41) is 14.6. The molecule has 0 aromatic heterocycles. The zero-order valence-electron chi connectivity index (χ0n) is 24.4. The number of hydrogen-bond donors (Lipinski definition) is 3. The minimum atomic E-state index is -1.02. The summed E-state index contributed by atoms with van der Waals surface area (Å²) in [6.45, 7) is 3.19. The fourth-order valence-corrected chi connectivity index (χ4v) is 4.62. The minimum absolute atomic E-state index is 0.0119. The number of hydrogen-bond acceptors (Lipinski definition) is 6. The van der Waals surface area contributed by atoms with E-state index >= 15 is 0 Å². The number of rotatable bonds is 14. The molecule has 0 bridgehead atoms. The van der Waals surface area contributed by atoms with Crippen molar-refractivity contribution < 1.29 is 33.8 Å². The molecule has 12 nitrogen and oxygen atoms in total. The number of aliphatic carboxylic acids is 1. The molecule has 1 saturated heterocycles. The van der Waals surface area contributed by atoms with Crippen LogP contribution in [0.4, 0.5) is 16.2 Å². The molecule has 0 saturated carbocycles. The van der Waals surface area contributed by atoms with Gasteiger partial charge >= 0.3 is 12.0 Å². The predicted molar refractivity (Wildman–Crippen MR) is 157 cm³/mol. The first-order valence-electron chi connectivity index (χ1n) is 13.9. The molecular weight excluding hydrogens is 542 g/mol. The first-order valence-corrected chi connectivity index (χ1v) is 13.9. The van der Waals surface area contributed by atoms with E-state index in [1.807, 2.05) is 25.1 Å². The number of carboxylic acid groups (broad SMARTS) is 1. The largest absolute Gasteiger partial charge is 0.495 e. The van der Waals surface area contributed by atoms with E-state index in [0.717, 1.165) is 12.0 Å². The molecule has 0 unspecified atom stereocenters. The van der Waals surface area contributed by atoms with Gasteiger partial charge in [0.2, 0.25) is 17.7 Å². The molecule has 5 amide bonds. The standard InChI is InChI=1S/C30H39N5O7/c1-21-8-4-5-9-23(21)31-30(41)32-24-12-11-22(18-25(24)42-3)19-27(37)33(2)20-28(38)35(17-13-29(39)40)16-7-15-34-14-6-10-26(34)36/h4-5,8-9,11-12,18H,6-7,10,13-17,19-20H2,1-3H3,(H,39,40)(H2,31,32,41). The third-order valence-electron chi connectivity index (χ3n) is 7.04. The zero-order valence-corrected chi connectivity index (χ0v) is 24.4. The average molecular weight is 582 g/mol. The number of likely N-dealkylation sites (N-methyl/N-ethyl adjacent to an activating group) is 1. The molecule has 226 valence electrons. The molecule has 1 aliphatic heterocycles. The molecule has 0 radical (unpaired) electrons. The van der Waals surface area contributed by atoms with Crippen LogP contribution in [0, 0.1) is 6.92 Å². The lowest BCUT2D eigenvalue weighted by Crippen LogP contribution is -2.43. The Bertz CT molecular complexity index is 1300. The fourth-order valence-electron chi connectivity index (χ4n) is 4.62. The van der Waals surface area contributed by atoms with Crippen molar-refractivity contribution in [3.63, 3.8) is 0 Å². The maximum Gasteiger partial charge on any atom is 0.323 e. The SMILES string of the molecule is COc1cc(CC(=O)N(C)CC(=O)N(CCCN2CCCC2=O)CCC(=O)O)ccc1NC(=O)Nc1ccccc1C. The number of likely N-dealkylation sites (tertiary alicyclic amines) is 1. The number of urea groups is 1. The van der Waals surface area contributed by atoms with Gasteiger partial charge in [0.15, 0.2) is 0 Å². The number of methoxy groups -OCH3 is 1. The molecule has 1 heterocycles. The molecule has 0 spiro atoms. The summed E-state index contributed by atoms with van der Waals surface area (Å²) in [7, 11) is 2.98. The Morgan fingerprint density at radius 1 is 1.02 bits per heavy atom. The smallest absolute Gasteiger partial charge is 0.323 e. The summed E-state index contributed by atoms with van der Waals surface area (Å²) in [5.74, 6) is -1.24. The number of benzene rings is 2.